The second-order valence-corrected chi connectivity index (χ2v) is 29.1. The molecule has 0 saturated carbocycles. The lowest BCUT2D eigenvalue weighted by Gasteiger charge is -2.09. The predicted molar refractivity (Wildman–Crippen MR) is 272 cm³/mol. The van der Waals surface area contributed by atoms with Gasteiger partial charge in [0, 0.05) is 23.0 Å². The van der Waals surface area contributed by atoms with E-state index in [2.05, 4.69) is 25.0 Å². The first kappa shape index (κ1) is 48.8. The summed E-state index contributed by atoms with van der Waals surface area (Å²) < 4.78 is 52.1. The first-order valence-electron chi connectivity index (χ1n) is 16.7. The summed E-state index contributed by atoms with van der Waals surface area (Å²) in [6, 6.07) is 0. The molecule has 304 valence electrons. The van der Waals surface area contributed by atoms with Crippen LogP contribution in [0.4, 0.5) is 0 Å². The molecule has 0 N–H and O–H groups in total. The Hall–Kier alpha value is 3.80. The van der Waals surface area contributed by atoms with Gasteiger partial charge >= 0.3 is 0 Å². The van der Waals surface area contributed by atoms with Crippen LogP contribution in [-0.2, 0) is 28.4 Å². The fraction of sp³-hybridized carbons (Fsp3) is 0.625. The van der Waals surface area contributed by atoms with E-state index in [1.807, 2.05) is 188 Å². The van der Waals surface area contributed by atoms with Crippen molar-refractivity contribution in [2.24, 2.45) is 0 Å². The molecule has 5 heterocycles. The van der Waals surface area contributed by atoms with E-state index < -0.39 is 0 Å². The minimum Gasteiger partial charge on any atom is -0.378 e. The van der Waals surface area contributed by atoms with E-state index in [0.717, 1.165) is 23.0 Å². The average Bonchev–Trinajstić information content (AvgIpc) is 3.99. The van der Waals surface area contributed by atoms with Crippen molar-refractivity contribution in [2.75, 3.05) is 127 Å². The number of thioether (sulfide) groups is 16. The summed E-state index contributed by atoms with van der Waals surface area (Å²) in [5.41, 5.74) is 0. The monoisotopic (exact) mass is 1040 g/mol. The van der Waals surface area contributed by atoms with Crippen LogP contribution in [0, 0.1) is 0 Å². The zero-order valence-corrected chi connectivity index (χ0v) is 43.4. The number of hydrogen-bond acceptors (Lipinski definition) is 22. The van der Waals surface area contributed by atoms with Crippen LogP contribution in [0.15, 0.2) is 50.8 Å². The highest BCUT2D eigenvalue weighted by Gasteiger charge is 2.31. The molecule has 0 amide bonds. The molecule has 0 aromatic carbocycles. The van der Waals surface area contributed by atoms with Crippen molar-refractivity contribution >= 4 is 188 Å². The van der Waals surface area contributed by atoms with Gasteiger partial charge in [-0.25, -0.2) is 0 Å². The molecule has 0 bridgehead atoms. The Bertz CT molecular complexity index is 1220. The molecular weight excluding hydrogens is 993 g/mol. The summed E-state index contributed by atoms with van der Waals surface area (Å²) in [6.45, 7) is 7.50. The van der Waals surface area contributed by atoms with Crippen molar-refractivity contribution in [1.29, 1.82) is 0 Å². The van der Waals surface area contributed by atoms with Crippen LogP contribution < -0.4 is 0 Å². The molecule has 0 spiro atoms. The molecule has 0 aromatic heterocycles. The third-order valence-electron chi connectivity index (χ3n) is 6.56. The van der Waals surface area contributed by atoms with Crippen molar-refractivity contribution in [3.63, 3.8) is 0 Å². The molecule has 54 heavy (non-hydrogen) atoms. The molecule has 0 radical (unpaired) electrons. The van der Waals surface area contributed by atoms with Crippen molar-refractivity contribution in [3.05, 3.63) is 50.8 Å². The highest BCUT2D eigenvalue weighted by Crippen LogP contribution is 2.67. The van der Waals surface area contributed by atoms with E-state index in [1.54, 1.807) is 0 Å². The Morgan fingerprint density at radius 2 is 0.481 bits per heavy atom. The van der Waals surface area contributed by atoms with Gasteiger partial charge in [0.15, 0.2) is 0 Å². The van der Waals surface area contributed by atoms with E-state index >= 15 is 0 Å². The lowest BCUT2D eigenvalue weighted by atomic mass is 10.7. The SMILES string of the molecule is CSC1=C(SC)SC(=C2SC3=C(SCCOCCOCCOCCSC4=C(SCCOCCOCCOCCS3)SC(=C3SC(SC)=C(SC)S3)S4)S2)S1. The van der Waals surface area contributed by atoms with Gasteiger partial charge in [0.1, 0.15) is 0 Å². The summed E-state index contributed by atoms with van der Waals surface area (Å²) >= 11 is 30.3. The summed E-state index contributed by atoms with van der Waals surface area (Å²) in [4.78, 5) is 0. The van der Waals surface area contributed by atoms with Gasteiger partial charge in [-0.05, 0) is 25.0 Å². The number of rotatable bonds is 4. The van der Waals surface area contributed by atoms with Crippen molar-refractivity contribution in [3.8, 4) is 0 Å². The van der Waals surface area contributed by atoms with Crippen LogP contribution in [0.25, 0.3) is 0 Å². The summed E-state index contributed by atoms with van der Waals surface area (Å²) in [7, 11) is 0. The topological polar surface area (TPSA) is 55.4 Å². The Morgan fingerprint density at radius 1 is 0.278 bits per heavy atom. The van der Waals surface area contributed by atoms with Gasteiger partial charge in [0.2, 0.25) is 0 Å². The smallest absolute Gasteiger partial charge is 0.0717 e. The van der Waals surface area contributed by atoms with Gasteiger partial charge in [-0.1, -0.05) is 94.1 Å². The molecule has 0 saturated heterocycles. The zero-order valence-electron chi connectivity index (χ0n) is 30.3. The standard InChI is InChI=1S/C32H44O6S16/c1-39-21-22(40-2)48-29(47-21)31-51-25-26(52-31)44-18-14-36-10-6-34-8-12-38-16-20-46-28-27(45-19-15-37-11-7-33-5-9-35-13-17-43-25)53-32(54-28)30-49-23(41-3)24(42-4)50-30/h5-20H2,1-4H3. The maximum Gasteiger partial charge on any atom is 0.0717 e. The van der Waals surface area contributed by atoms with Gasteiger partial charge in [-0.2, -0.15) is 0 Å². The fourth-order valence-electron chi connectivity index (χ4n) is 4.13. The Labute approximate surface area is 390 Å². The molecule has 5 aliphatic heterocycles. The first-order chi connectivity index (χ1) is 26.6. The fourth-order valence-corrected chi connectivity index (χ4v) is 26.1. The van der Waals surface area contributed by atoms with Gasteiger partial charge in [0.05, 0.1) is 130 Å². The van der Waals surface area contributed by atoms with Gasteiger partial charge in [-0.15, -0.1) is 94.1 Å². The molecule has 5 rings (SSSR count). The maximum atomic E-state index is 5.94. The molecule has 0 aliphatic carbocycles. The van der Waals surface area contributed by atoms with Crippen LogP contribution in [-0.4, -0.2) is 127 Å². The van der Waals surface area contributed by atoms with Crippen LogP contribution in [0.2, 0.25) is 0 Å². The van der Waals surface area contributed by atoms with E-state index in [0.29, 0.717) is 79.3 Å². The van der Waals surface area contributed by atoms with Crippen LogP contribution in [0.1, 0.15) is 0 Å². The molecule has 6 nitrogen and oxygen atoms in total. The summed E-state index contributed by atoms with van der Waals surface area (Å²) in [5.74, 6) is 3.65. The largest absolute Gasteiger partial charge is 0.378 e. The van der Waals surface area contributed by atoms with Crippen LogP contribution in [0.5, 0.6) is 0 Å². The molecule has 0 atom stereocenters. The second kappa shape index (κ2) is 29.2. The summed E-state index contributed by atoms with van der Waals surface area (Å²) in [6.07, 6.45) is 8.69. The van der Waals surface area contributed by atoms with E-state index in [9.17, 15) is 0 Å². The molecular formula is C32H44O6S16. The molecule has 22 heteroatoms. The zero-order chi connectivity index (χ0) is 37.8. The van der Waals surface area contributed by atoms with Crippen molar-refractivity contribution < 1.29 is 28.4 Å². The van der Waals surface area contributed by atoms with E-state index in [1.165, 1.54) is 50.8 Å². The van der Waals surface area contributed by atoms with Gasteiger partial charge < -0.3 is 28.4 Å². The third-order valence-corrected chi connectivity index (χ3v) is 29.0. The average molecular weight is 1040 g/mol. The third kappa shape index (κ3) is 16.8. The molecule has 5 aliphatic rings. The lowest BCUT2D eigenvalue weighted by molar-refractivity contribution is 0.0205. The lowest BCUT2D eigenvalue weighted by Crippen LogP contribution is -2.11. The van der Waals surface area contributed by atoms with Crippen molar-refractivity contribution in [1.82, 2.24) is 0 Å². The van der Waals surface area contributed by atoms with Crippen LogP contribution >= 0.6 is 188 Å². The highest BCUT2D eigenvalue weighted by molar-refractivity contribution is 8.46. The number of hydrogen-bond donors (Lipinski definition) is 0. The Kier molecular flexibility index (Phi) is 26.4. The van der Waals surface area contributed by atoms with E-state index in [4.69, 9.17) is 28.4 Å². The molecule has 0 fully saturated rings. The van der Waals surface area contributed by atoms with Crippen molar-refractivity contribution in [2.45, 2.75) is 0 Å². The minimum atomic E-state index is 0.583. The minimum absolute atomic E-state index is 0.583. The van der Waals surface area contributed by atoms with Gasteiger partial charge in [-0.3, -0.25) is 0 Å². The maximum absolute atomic E-state index is 5.94. The first-order valence-corrected chi connectivity index (χ1v) is 32.0. The van der Waals surface area contributed by atoms with E-state index in [-0.39, 0.29) is 0 Å². The second-order valence-electron chi connectivity index (χ2n) is 10.2. The normalized spacial score (nSPS) is 24.2. The highest BCUT2D eigenvalue weighted by atomic mass is 32.3. The Morgan fingerprint density at radius 3 is 0.704 bits per heavy atom. The Balaban J connectivity index is 1.07. The number of ether oxygens (including phenoxy) is 6. The quantitative estimate of drug-likeness (QED) is 0.268. The summed E-state index contributed by atoms with van der Waals surface area (Å²) in [5, 5.41) is 0. The predicted octanol–water partition coefficient (Wildman–Crippen LogP) is 13.2. The molecule has 0 aromatic rings. The van der Waals surface area contributed by atoms with Crippen LogP contribution in [0.3, 0.4) is 0 Å². The molecule has 0 unspecified atom stereocenters. The van der Waals surface area contributed by atoms with Gasteiger partial charge in [0.25, 0.3) is 0 Å².